The number of aliphatic hydroxyl groups is 1. The van der Waals surface area contributed by atoms with Crippen molar-refractivity contribution in [2.45, 2.75) is 12.3 Å². The Labute approximate surface area is 88.9 Å². The van der Waals surface area contributed by atoms with Crippen molar-refractivity contribution in [2.24, 2.45) is 0 Å². The lowest BCUT2D eigenvalue weighted by atomic mass is 10.0. The standard InChI is InChI=1S/C9H7ClF2O3/c10-5-3-1-2-4(6(5)11)8(13)7(12)9(14)15/h1-3,7-8,13H,(H,14,15). The Bertz CT molecular complexity index is 384. The molecule has 0 aromatic heterocycles. The molecule has 0 aliphatic rings. The molecular formula is C9H7ClF2O3. The van der Waals surface area contributed by atoms with Gasteiger partial charge in [-0.2, -0.15) is 0 Å². The topological polar surface area (TPSA) is 57.5 Å². The second-order valence-electron chi connectivity index (χ2n) is 2.83. The van der Waals surface area contributed by atoms with E-state index in [0.717, 1.165) is 6.07 Å². The Morgan fingerprint density at radius 2 is 2.07 bits per heavy atom. The van der Waals surface area contributed by atoms with E-state index in [2.05, 4.69) is 0 Å². The van der Waals surface area contributed by atoms with Gasteiger partial charge in [0.2, 0.25) is 6.17 Å². The maximum Gasteiger partial charge on any atom is 0.341 e. The highest BCUT2D eigenvalue weighted by Crippen LogP contribution is 2.26. The Morgan fingerprint density at radius 1 is 1.47 bits per heavy atom. The smallest absolute Gasteiger partial charge is 0.341 e. The van der Waals surface area contributed by atoms with Crippen LogP contribution in [-0.4, -0.2) is 22.4 Å². The third-order valence-electron chi connectivity index (χ3n) is 1.81. The van der Waals surface area contributed by atoms with Crippen molar-refractivity contribution in [3.05, 3.63) is 34.6 Å². The van der Waals surface area contributed by atoms with Gasteiger partial charge in [0.1, 0.15) is 11.9 Å². The number of hydrogen-bond donors (Lipinski definition) is 2. The van der Waals surface area contributed by atoms with E-state index in [0.29, 0.717) is 0 Å². The van der Waals surface area contributed by atoms with Crippen molar-refractivity contribution >= 4 is 17.6 Å². The molecule has 6 heteroatoms. The molecule has 0 heterocycles. The van der Waals surface area contributed by atoms with Gasteiger partial charge in [-0.15, -0.1) is 0 Å². The number of carboxylic acid groups (broad SMARTS) is 1. The number of aliphatic carboxylic acids is 1. The van der Waals surface area contributed by atoms with Crippen molar-refractivity contribution in [3.63, 3.8) is 0 Å². The first-order valence-electron chi connectivity index (χ1n) is 3.94. The van der Waals surface area contributed by atoms with Crippen LogP contribution in [0.4, 0.5) is 8.78 Å². The van der Waals surface area contributed by atoms with Gasteiger partial charge in [-0.3, -0.25) is 0 Å². The molecule has 0 amide bonds. The first-order valence-corrected chi connectivity index (χ1v) is 4.31. The number of benzene rings is 1. The second kappa shape index (κ2) is 4.55. The van der Waals surface area contributed by atoms with Gasteiger partial charge in [-0.25, -0.2) is 13.6 Å². The molecular weight excluding hydrogens is 230 g/mol. The molecule has 1 rings (SSSR count). The number of alkyl halides is 1. The van der Waals surface area contributed by atoms with Gasteiger partial charge in [0, 0.05) is 5.56 Å². The number of rotatable bonds is 3. The van der Waals surface area contributed by atoms with Gasteiger partial charge in [0.05, 0.1) is 5.02 Å². The molecule has 0 aliphatic carbocycles. The zero-order valence-electron chi connectivity index (χ0n) is 7.32. The third kappa shape index (κ3) is 2.43. The molecule has 1 aromatic carbocycles. The molecule has 82 valence electrons. The summed E-state index contributed by atoms with van der Waals surface area (Å²) >= 11 is 5.39. The van der Waals surface area contributed by atoms with Crippen LogP contribution in [0, 0.1) is 5.82 Å². The molecule has 0 radical (unpaired) electrons. The maximum atomic E-state index is 13.2. The molecule has 0 saturated carbocycles. The summed E-state index contributed by atoms with van der Waals surface area (Å²) in [5.74, 6) is -2.88. The van der Waals surface area contributed by atoms with Crippen molar-refractivity contribution in [2.75, 3.05) is 0 Å². The van der Waals surface area contributed by atoms with E-state index >= 15 is 0 Å². The quantitative estimate of drug-likeness (QED) is 0.843. The summed E-state index contributed by atoms with van der Waals surface area (Å²) in [6.45, 7) is 0. The SMILES string of the molecule is O=C(O)C(F)C(O)c1cccc(Cl)c1F. The molecule has 0 bridgehead atoms. The van der Waals surface area contributed by atoms with Crippen LogP contribution in [0.15, 0.2) is 18.2 Å². The highest BCUT2D eigenvalue weighted by atomic mass is 35.5. The number of carboxylic acids is 1. The van der Waals surface area contributed by atoms with Gasteiger partial charge in [0.25, 0.3) is 0 Å². The third-order valence-corrected chi connectivity index (χ3v) is 2.11. The van der Waals surface area contributed by atoms with Crippen molar-refractivity contribution in [3.8, 4) is 0 Å². The summed E-state index contributed by atoms with van der Waals surface area (Å²) in [4.78, 5) is 10.2. The predicted octanol–water partition coefficient (Wildman–Crippen LogP) is 1.94. The minimum absolute atomic E-state index is 0.302. The van der Waals surface area contributed by atoms with Crippen LogP contribution in [-0.2, 0) is 4.79 Å². The fraction of sp³-hybridized carbons (Fsp3) is 0.222. The lowest BCUT2D eigenvalue weighted by Gasteiger charge is -2.13. The molecule has 3 nitrogen and oxygen atoms in total. The van der Waals surface area contributed by atoms with E-state index in [1.807, 2.05) is 0 Å². The van der Waals surface area contributed by atoms with E-state index in [4.69, 9.17) is 16.7 Å². The molecule has 1 aromatic rings. The van der Waals surface area contributed by atoms with Crippen molar-refractivity contribution in [1.82, 2.24) is 0 Å². The highest BCUT2D eigenvalue weighted by Gasteiger charge is 2.29. The van der Waals surface area contributed by atoms with Crippen LogP contribution >= 0.6 is 11.6 Å². The van der Waals surface area contributed by atoms with Crippen LogP contribution in [0.5, 0.6) is 0 Å². The van der Waals surface area contributed by atoms with Crippen LogP contribution < -0.4 is 0 Å². The lowest BCUT2D eigenvalue weighted by Crippen LogP contribution is -2.24. The summed E-state index contributed by atoms with van der Waals surface area (Å²) in [7, 11) is 0. The molecule has 2 unspecified atom stereocenters. The Kier molecular flexibility index (Phi) is 3.60. The monoisotopic (exact) mass is 236 g/mol. The summed E-state index contributed by atoms with van der Waals surface area (Å²) in [6.07, 6.45) is -4.65. The van der Waals surface area contributed by atoms with E-state index < -0.39 is 29.6 Å². The van der Waals surface area contributed by atoms with Gasteiger partial charge in [-0.1, -0.05) is 23.7 Å². The number of halogens is 3. The lowest BCUT2D eigenvalue weighted by molar-refractivity contribution is -0.147. The van der Waals surface area contributed by atoms with E-state index in [9.17, 15) is 18.7 Å². The summed E-state index contributed by atoms with van der Waals surface area (Å²) in [5, 5.41) is 17.2. The molecule has 0 spiro atoms. The average Bonchev–Trinajstić information content (AvgIpc) is 2.20. The largest absolute Gasteiger partial charge is 0.479 e. The fourth-order valence-corrected chi connectivity index (χ4v) is 1.22. The molecule has 2 atom stereocenters. The van der Waals surface area contributed by atoms with Crippen LogP contribution in [0.1, 0.15) is 11.7 Å². The Hall–Kier alpha value is -1.20. The molecule has 0 fully saturated rings. The first kappa shape index (κ1) is 11.9. The minimum atomic E-state index is -2.59. The summed E-state index contributed by atoms with van der Waals surface area (Å²) in [6, 6.07) is 3.57. The minimum Gasteiger partial charge on any atom is -0.479 e. The highest BCUT2D eigenvalue weighted by molar-refractivity contribution is 6.30. The number of aliphatic hydroxyl groups excluding tert-OH is 1. The predicted molar refractivity (Wildman–Crippen MR) is 48.9 cm³/mol. The van der Waals surface area contributed by atoms with E-state index in [-0.39, 0.29) is 5.02 Å². The first-order chi connectivity index (χ1) is 6.95. The molecule has 0 aliphatic heterocycles. The normalized spacial score (nSPS) is 14.7. The number of carbonyl (C=O) groups is 1. The molecule has 2 N–H and O–H groups in total. The van der Waals surface area contributed by atoms with Crippen LogP contribution in [0.25, 0.3) is 0 Å². The summed E-state index contributed by atoms with van der Waals surface area (Å²) < 4.78 is 26.1. The van der Waals surface area contributed by atoms with Gasteiger partial charge in [-0.05, 0) is 6.07 Å². The maximum absolute atomic E-state index is 13.2. The van der Waals surface area contributed by atoms with Crippen molar-refractivity contribution < 1.29 is 23.8 Å². The Balaban J connectivity index is 3.06. The molecule has 0 saturated heterocycles. The zero-order valence-corrected chi connectivity index (χ0v) is 8.08. The van der Waals surface area contributed by atoms with E-state index in [1.54, 1.807) is 0 Å². The fourth-order valence-electron chi connectivity index (χ4n) is 1.04. The van der Waals surface area contributed by atoms with E-state index in [1.165, 1.54) is 12.1 Å². The van der Waals surface area contributed by atoms with Crippen LogP contribution in [0.3, 0.4) is 0 Å². The van der Waals surface area contributed by atoms with Crippen LogP contribution in [0.2, 0.25) is 5.02 Å². The van der Waals surface area contributed by atoms with Gasteiger partial charge in [0.15, 0.2) is 0 Å². The second-order valence-corrected chi connectivity index (χ2v) is 3.24. The van der Waals surface area contributed by atoms with Crippen molar-refractivity contribution in [1.29, 1.82) is 0 Å². The molecule has 15 heavy (non-hydrogen) atoms. The van der Waals surface area contributed by atoms with Gasteiger partial charge >= 0.3 is 5.97 Å². The number of hydrogen-bond acceptors (Lipinski definition) is 2. The summed E-state index contributed by atoms with van der Waals surface area (Å²) in [5.41, 5.74) is -0.475. The zero-order chi connectivity index (χ0) is 11.6. The average molecular weight is 237 g/mol. The Morgan fingerprint density at radius 3 is 2.60 bits per heavy atom. The van der Waals surface area contributed by atoms with Gasteiger partial charge < -0.3 is 10.2 Å².